The average molecular weight is 308 g/mol. The molecule has 0 spiro atoms. The van der Waals surface area contributed by atoms with Gasteiger partial charge >= 0.3 is 0 Å². The normalized spacial score (nSPS) is 10.3. The first-order chi connectivity index (χ1) is 8.56. The van der Waals surface area contributed by atoms with Crippen LogP contribution in [0.2, 0.25) is 0 Å². The molecule has 0 saturated heterocycles. The van der Waals surface area contributed by atoms with Gasteiger partial charge in [0.2, 0.25) is 0 Å². The Morgan fingerprint density at radius 2 is 2.22 bits per heavy atom. The van der Waals surface area contributed by atoms with E-state index in [9.17, 15) is 4.79 Å². The number of anilines is 1. The molecule has 0 aliphatic rings. The lowest BCUT2D eigenvalue weighted by molar-refractivity contribution is 0.0952. The molecular weight excluding hydrogens is 294 g/mol. The van der Waals surface area contributed by atoms with Crippen LogP contribution in [0.1, 0.15) is 15.9 Å². The number of nitrogens with one attached hydrogen (secondary N) is 1. The highest BCUT2D eigenvalue weighted by atomic mass is 79.9. The fraction of sp³-hybridized carbons (Fsp3) is 0.154. The summed E-state index contributed by atoms with van der Waals surface area (Å²) < 4.78 is 2.80. The Bertz CT molecular complexity index is 577. The molecule has 4 nitrogen and oxygen atoms in total. The fourth-order valence-electron chi connectivity index (χ4n) is 1.68. The van der Waals surface area contributed by atoms with Crippen molar-refractivity contribution in [2.75, 3.05) is 5.73 Å². The van der Waals surface area contributed by atoms with Crippen molar-refractivity contribution in [1.29, 1.82) is 0 Å². The monoisotopic (exact) mass is 307 g/mol. The zero-order chi connectivity index (χ0) is 13.1. The van der Waals surface area contributed by atoms with Crippen LogP contribution in [0.3, 0.4) is 0 Å². The van der Waals surface area contributed by atoms with Crippen LogP contribution in [0, 0.1) is 0 Å². The predicted octanol–water partition coefficient (Wildman–Crippen LogP) is 2.30. The Kier molecular flexibility index (Phi) is 3.72. The summed E-state index contributed by atoms with van der Waals surface area (Å²) in [7, 11) is 1.94. The summed E-state index contributed by atoms with van der Waals surface area (Å²) in [5.41, 5.74) is 7.82. The minimum Gasteiger partial charge on any atom is -0.398 e. The van der Waals surface area contributed by atoms with Crippen molar-refractivity contribution in [1.82, 2.24) is 9.88 Å². The molecular formula is C13H14BrN3O. The number of aryl methyl sites for hydroxylation is 1. The van der Waals surface area contributed by atoms with E-state index in [0.29, 0.717) is 17.8 Å². The van der Waals surface area contributed by atoms with Crippen LogP contribution < -0.4 is 11.1 Å². The first-order valence-electron chi connectivity index (χ1n) is 5.50. The molecule has 5 heteroatoms. The summed E-state index contributed by atoms with van der Waals surface area (Å²) in [6, 6.07) is 7.19. The standard InChI is InChI=1S/C13H14BrN3O/c1-17-5-4-9(8-17)7-16-13(18)11-3-2-10(14)6-12(11)15/h2-6,8H,7,15H2,1H3,(H,16,18). The Labute approximate surface area is 114 Å². The largest absolute Gasteiger partial charge is 0.398 e. The maximum atomic E-state index is 11.9. The number of hydrogen-bond acceptors (Lipinski definition) is 2. The minimum absolute atomic E-state index is 0.163. The zero-order valence-electron chi connectivity index (χ0n) is 9.98. The number of aromatic nitrogens is 1. The summed E-state index contributed by atoms with van der Waals surface area (Å²) in [4.78, 5) is 11.9. The van der Waals surface area contributed by atoms with Crippen molar-refractivity contribution in [2.45, 2.75) is 6.54 Å². The molecule has 0 aliphatic carbocycles. The molecule has 0 bridgehead atoms. The number of amides is 1. The van der Waals surface area contributed by atoms with Crippen molar-refractivity contribution < 1.29 is 4.79 Å². The van der Waals surface area contributed by atoms with E-state index in [-0.39, 0.29) is 5.91 Å². The topological polar surface area (TPSA) is 60.0 Å². The first kappa shape index (κ1) is 12.7. The third-order valence-electron chi connectivity index (χ3n) is 2.60. The average Bonchev–Trinajstić information content (AvgIpc) is 2.72. The molecule has 2 aromatic rings. The molecule has 1 aromatic heterocycles. The third-order valence-corrected chi connectivity index (χ3v) is 3.10. The second kappa shape index (κ2) is 5.27. The lowest BCUT2D eigenvalue weighted by atomic mass is 10.1. The van der Waals surface area contributed by atoms with Gasteiger partial charge in [0.1, 0.15) is 0 Å². The van der Waals surface area contributed by atoms with E-state index in [1.54, 1.807) is 18.2 Å². The number of carbonyl (C=O) groups excluding carboxylic acids is 1. The molecule has 1 amide bonds. The molecule has 2 rings (SSSR count). The van der Waals surface area contributed by atoms with Crippen LogP contribution >= 0.6 is 15.9 Å². The van der Waals surface area contributed by atoms with E-state index in [4.69, 9.17) is 5.73 Å². The maximum absolute atomic E-state index is 11.9. The molecule has 1 aromatic carbocycles. The van der Waals surface area contributed by atoms with Crippen molar-refractivity contribution in [2.24, 2.45) is 7.05 Å². The number of halogens is 1. The number of hydrogen-bond donors (Lipinski definition) is 2. The van der Waals surface area contributed by atoms with E-state index in [1.807, 2.05) is 30.1 Å². The van der Waals surface area contributed by atoms with Gasteiger partial charge < -0.3 is 15.6 Å². The Balaban J connectivity index is 2.03. The van der Waals surface area contributed by atoms with Crippen LogP contribution in [0.5, 0.6) is 0 Å². The number of rotatable bonds is 3. The van der Waals surface area contributed by atoms with Crippen LogP contribution in [0.4, 0.5) is 5.69 Å². The van der Waals surface area contributed by atoms with Gasteiger partial charge in [0.05, 0.1) is 5.56 Å². The summed E-state index contributed by atoms with van der Waals surface area (Å²) in [5, 5.41) is 2.84. The maximum Gasteiger partial charge on any atom is 0.253 e. The van der Waals surface area contributed by atoms with Crippen molar-refractivity contribution in [3.63, 3.8) is 0 Å². The molecule has 3 N–H and O–H groups in total. The quantitative estimate of drug-likeness (QED) is 0.855. The van der Waals surface area contributed by atoms with Gasteiger partial charge in [0.15, 0.2) is 0 Å². The highest BCUT2D eigenvalue weighted by Crippen LogP contribution is 2.18. The van der Waals surface area contributed by atoms with Gasteiger partial charge in [-0.25, -0.2) is 0 Å². The molecule has 0 saturated carbocycles. The summed E-state index contributed by atoms with van der Waals surface area (Å²) >= 11 is 3.31. The molecule has 0 atom stereocenters. The Morgan fingerprint density at radius 3 is 2.83 bits per heavy atom. The second-order valence-electron chi connectivity index (χ2n) is 4.10. The fourth-order valence-corrected chi connectivity index (χ4v) is 2.06. The summed E-state index contributed by atoms with van der Waals surface area (Å²) in [6.07, 6.45) is 3.90. The van der Waals surface area contributed by atoms with E-state index in [1.165, 1.54) is 0 Å². The Hall–Kier alpha value is -1.75. The van der Waals surface area contributed by atoms with E-state index >= 15 is 0 Å². The van der Waals surface area contributed by atoms with Crippen LogP contribution in [-0.2, 0) is 13.6 Å². The van der Waals surface area contributed by atoms with E-state index < -0.39 is 0 Å². The first-order valence-corrected chi connectivity index (χ1v) is 6.29. The van der Waals surface area contributed by atoms with E-state index in [2.05, 4.69) is 21.2 Å². The lowest BCUT2D eigenvalue weighted by Gasteiger charge is -2.07. The lowest BCUT2D eigenvalue weighted by Crippen LogP contribution is -2.23. The number of carbonyl (C=O) groups is 1. The predicted molar refractivity (Wildman–Crippen MR) is 75.1 cm³/mol. The van der Waals surface area contributed by atoms with Crippen molar-refractivity contribution in [3.05, 3.63) is 52.3 Å². The SMILES string of the molecule is Cn1ccc(CNC(=O)c2ccc(Br)cc2N)c1. The van der Waals surface area contributed by atoms with E-state index in [0.717, 1.165) is 10.0 Å². The van der Waals surface area contributed by atoms with Gasteiger partial charge in [-0.1, -0.05) is 15.9 Å². The molecule has 1 heterocycles. The van der Waals surface area contributed by atoms with Gasteiger partial charge in [-0.15, -0.1) is 0 Å². The van der Waals surface area contributed by atoms with Gasteiger partial charge in [-0.3, -0.25) is 4.79 Å². The third kappa shape index (κ3) is 2.92. The van der Waals surface area contributed by atoms with Gasteiger partial charge in [-0.05, 0) is 29.8 Å². The summed E-state index contributed by atoms with van der Waals surface area (Å²) in [5.74, 6) is -0.163. The Morgan fingerprint density at radius 1 is 1.44 bits per heavy atom. The minimum atomic E-state index is -0.163. The van der Waals surface area contributed by atoms with Crippen molar-refractivity contribution >= 4 is 27.5 Å². The molecule has 0 radical (unpaired) electrons. The van der Waals surface area contributed by atoms with Crippen LogP contribution in [-0.4, -0.2) is 10.5 Å². The molecule has 0 unspecified atom stereocenters. The van der Waals surface area contributed by atoms with Gasteiger partial charge in [0, 0.05) is 36.1 Å². The number of nitrogens with two attached hydrogens (primary N) is 1. The number of nitrogens with zero attached hydrogens (tertiary/aromatic N) is 1. The smallest absolute Gasteiger partial charge is 0.253 e. The molecule has 0 aliphatic heterocycles. The van der Waals surface area contributed by atoms with Crippen molar-refractivity contribution in [3.8, 4) is 0 Å². The second-order valence-corrected chi connectivity index (χ2v) is 5.02. The summed E-state index contributed by atoms with van der Waals surface area (Å²) in [6.45, 7) is 0.495. The van der Waals surface area contributed by atoms with Gasteiger partial charge in [-0.2, -0.15) is 0 Å². The van der Waals surface area contributed by atoms with Crippen LogP contribution in [0.25, 0.3) is 0 Å². The molecule has 18 heavy (non-hydrogen) atoms. The van der Waals surface area contributed by atoms with Crippen LogP contribution in [0.15, 0.2) is 41.1 Å². The number of nitrogen functional groups attached to an aromatic ring is 1. The molecule has 0 fully saturated rings. The highest BCUT2D eigenvalue weighted by molar-refractivity contribution is 9.10. The highest BCUT2D eigenvalue weighted by Gasteiger charge is 2.09. The number of benzene rings is 1. The zero-order valence-corrected chi connectivity index (χ0v) is 11.6. The molecule has 94 valence electrons. The van der Waals surface area contributed by atoms with Gasteiger partial charge in [0.25, 0.3) is 5.91 Å².